The molecule has 5 heteroatoms. The molecule has 0 aliphatic carbocycles. The molecular formula is C20H22N4O. The van der Waals surface area contributed by atoms with Gasteiger partial charge in [-0.2, -0.15) is 5.10 Å². The number of carbonyl (C=O) groups excluding carboxylic acids is 1. The van der Waals surface area contributed by atoms with E-state index in [0.29, 0.717) is 11.5 Å². The number of piperidine rings is 1. The Labute approximate surface area is 147 Å². The van der Waals surface area contributed by atoms with Crippen LogP contribution in [0.1, 0.15) is 34.5 Å². The number of benzene rings is 1. The molecule has 0 radical (unpaired) electrons. The summed E-state index contributed by atoms with van der Waals surface area (Å²) in [5.41, 5.74) is 3.67. The van der Waals surface area contributed by atoms with Gasteiger partial charge in [-0.25, -0.2) is 9.50 Å². The van der Waals surface area contributed by atoms with Crippen LogP contribution in [0.4, 0.5) is 0 Å². The molecule has 0 bridgehead atoms. The maximum Gasteiger partial charge on any atom is 0.256 e. The molecule has 1 aromatic carbocycles. The van der Waals surface area contributed by atoms with Crippen LogP contribution in [0.5, 0.6) is 0 Å². The predicted octanol–water partition coefficient (Wildman–Crippen LogP) is 3.13. The van der Waals surface area contributed by atoms with Gasteiger partial charge < -0.3 is 4.90 Å². The summed E-state index contributed by atoms with van der Waals surface area (Å²) in [6, 6.07) is 12.5. The van der Waals surface area contributed by atoms with Crippen molar-refractivity contribution in [2.75, 3.05) is 13.1 Å². The van der Waals surface area contributed by atoms with E-state index in [9.17, 15) is 4.79 Å². The van der Waals surface area contributed by atoms with Gasteiger partial charge in [0, 0.05) is 31.5 Å². The van der Waals surface area contributed by atoms with E-state index < -0.39 is 0 Å². The van der Waals surface area contributed by atoms with Crippen molar-refractivity contribution < 1.29 is 4.79 Å². The number of hydrogen-bond acceptors (Lipinski definition) is 3. The second-order valence-corrected chi connectivity index (χ2v) is 6.86. The Bertz CT molecular complexity index is 879. The van der Waals surface area contributed by atoms with Crippen molar-refractivity contribution in [3.05, 3.63) is 65.6 Å². The minimum Gasteiger partial charge on any atom is -0.339 e. The molecule has 128 valence electrons. The van der Waals surface area contributed by atoms with Crippen molar-refractivity contribution >= 4 is 11.6 Å². The molecule has 3 heterocycles. The van der Waals surface area contributed by atoms with Crippen LogP contribution in [0, 0.1) is 12.8 Å². The Balaban J connectivity index is 1.40. The second-order valence-electron chi connectivity index (χ2n) is 6.86. The monoisotopic (exact) mass is 334 g/mol. The van der Waals surface area contributed by atoms with Crippen molar-refractivity contribution in [2.45, 2.75) is 26.2 Å². The Morgan fingerprint density at radius 3 is 2.72 bits per heavy atom. The smallest absolute Gasteiger partial charge is 0.256 e. The van der Waals surface area contributed by atoms with Crippen molar-refractivity contribution in [3.8, 4) is 0 Å². The minimum atomic E-state index is 0.0562. The van der Waals surface area contributed by atoms with Crippen LogP contribution >= 0.6 is 0 Å². The lowest BCUT2D eigenvalue weighted by Gasteiger charge is -2.32. The second kappa shape index (κ2) is 6.67. The van der Waals surface area contributed by atoms with E-state index in [0.717, 1.165) is 43.7 Å². The summed E-state index contributed by atoms with van der Waals surface area (Å²) < 4.78 is 1.69. The zero-order chi connectivity index (χ0) is 17.2. The van der Waals surface area contributed by atoms with Crippen LogP contribution in [-0.4, -0.2) is 38.5 Å². The first-order chi connectivity index (χ1) is 12.2. The van der Waals surface area contributed by atoms with Crippen LogP contribution < -0.4 is 0 Å². The average Bonchev–Trinajstić information content (AvgIpc) is 3.02. The Morgan fingerprint density at radius 2 is 1.96 bits per heavy atom. The summed E-state index contributed by atoms with van der Waals surface area (Å²) in [4.78, 5) is 19.0. The van der Waals surface area contributed by atoms with Gasteiger partial charge in [0.1, 0.15) is 0 Å². The molecule has 1 fully saturated rings. The molecule has 5 nitrogen and oxygen atoms in total. The Kier molecular flexibility index (Phi) is 4.22. The minimum absolute atomic E-state index is 0.0562. The van der Waals surface area contributed by atoms with Crippen LogP contribution in [0.2, 0.25) is 0 Å². The maximum absolute atomic E-state index is 12.8. The number of hydrogen-bond donors (Lipinski definition) is 0. The number of likely N-dealkylation sites (tertiary alicyclic amines) is 1. The zero-order valence-corrected chi connectivity index (χ0v) is 14.4. The highest BCUT2D eigenvalue weighted by Crippen LogP contribution is 2.22. The zero-order valence-electron chi connectivity index (χ0n) is 14.4. The molecule has 0 spiro atoms. The van der Waals surface area contributed by atoms with Gasteiger partial charge in [-0.3, -0.25) is 4.79 Å². The standard InChI is InChI=1S/C20H22N4O/c1-15-11-19-21-13-18(14-24(19)22-15)20(25)23-9-7-17(8-10-23)12-16-5-3-2-4-6-16/h2-6,11,13-14,17H,7-10,12H2,1H3. The topological polar surface area (TPSA) is 50.5 Å². The van der Waals surface area contributed by atoms with Gasteiger partial charge in [0.25, 0.3) is 5.91 Å². The maximum atomic E-state index is 12.8. The molecule has 1 aliphatic heterocycles. The summed E-state index contributed by atoms with van der Waals surface area (Å²) >= 11 is 0. The highest BCUT2D eigenvalue weighted by atomic mass is 16.2. The number of aryl methyl sites for hydroxylation is 1. The molecule has 25 heavy (non-hydrogen) atoms. The number of nitrogens with zero attached hydrogens (tertiary/aromatic N) is 4. The highest BCUT2D eigenvalue weighted by molar-refractivity contribution is 5.93. The number of aromatic nitrogens is 3. The molecular weight excluding hydrogens is 312 g/mol. The lowest BCUT2D eigenvalue weighted by Crippen LogP contribution is -2.39. The van der Waals surface area contributed by atoms with E-state index in [1.165, 1.54) is 5.56 Å². The van der Waals surface area contributed by atoms with E-state index in [4.69, 9.17) is 0 Å². The summed E-state index contributed by atoms with van der Waals surface area (Å²) in [5.74, 6) is 0.710. The van der Waals surface area contributed by atoms with Crippen LogP contribution in [-0.2, 0) is 6.42 Å². The van der Waals surface area contributed by atoms with Crippen LogP contribution in [0.3, 0.4) is 0 Å². The van der Waals surface area contributed by atoms with Crippen LogP contribution in [0.25, 0.3) is 5.65 Å². The fourth-order valence-corrected chi connectivity index (χ4v) is 3.58. The Morgan fingerprint density at radius 1 is 1.20 bits per heavy atom. The van der Waals surface area contributed by atoms with Gasteiger partial charge >= 0.3 is 0 Å². The summed E-state index contributed by atoms with van der Waals surface area (Å²) in [6.45, 7) is 3.55. The molecule has 1 amide bonds. The molecule has 1 saturated heterocycles. The molecule has 1 aliphatic rings. The quantitative estimate of drug-likeness (QED) is 0.739. The van der Waals surface area contributed by atoms with E-state index in [2.05, 4.69) is 40.4 Å². The van der Waals surface area contributed by atoms with Crippen molar-refractivity contribution in [3.63, 3.8) is 0 Å². The highest BCUT2D eigenvalue weighted by Gasteiger charge is 2.24. The summed E-state index contributed by atoms with van der Waals surface area (Å²) in [5, 5.41) is 4.34. The van der Waals surface area contributed by atoms with Crippen LogP contribution in [0.15, 0.2) is 48.8 Å². The molecule has 0 atom stereocenters. The third-order valence-corrected chi connectivity index (χ3v) is 4.95. The predicted molar refractivity (Wildman–Crippen MR) is 96.5 cm³/mol. The molecule has 3 aromatic rings. The average molecular weight is 334 g/mol. The van der Waals surface area contributed by atoms with Crippen molar-refractivity contribution in [2.24, 2.45) is 5.92 Å². The molecule has 2 aromatic heterocycles. The number of rotatable bonds is 3. The van der Waals surface area contributed by atoms with Gasteiger partial charge in [-0.05, 0) is 37.7 Å². The van der Waals surface area contributed by atoms with Gasteiger partial charge in [0.15, 0.2) is 5.65 Å². The first-order valence-corrected chi connectivity index (χ1v) is 8.84. The van der Waals surface area contributed by atoms with Gasteiger partial charge in [0.05, 0.1) is 11.3 Å². The SMILES string of the molecule is Cc1cc2ncc(C(=O)N3CCC(Cc4ccccc4)CC3)cn2n1. The molecule has 0 saturated carbocycles. The first kappa shape index (κ1) is 15.8. The van der Waals surface area contributed by atoms with E-state index in [-0.39, 0.29) is 5.91 Å². The van der Waals surface area contributed by atoms with Gasteiger partial charge in [0.2, 0.25) is 0 Å². The lowest BCUT2D eigenvalue weighted by molar-refractivity contribution is 0.0689. The van der Waals surface area contributed by atoms with Gasteiger partial charge in [-0.1, -0.05) is 30.3 Å². The fourth-order valence-electron chi connectivity index (χ4n) is 3.58. The molecule has 0 unspecified atom stereocenters. The summed E-state index contributed by atoms with van der Waals surface area (Å²) in [7, 11) is 0. The van der Waals surface area contributed by atoms with E-state index >= 15 is 0 Å². The molecule has 4 rings (SSSR count). The third kappa shape index (κ3) is 3.40. The fraction of sp³-hybridized carbons (Fsp3) is 0.350. The van der Waals surface area contributed by atoms with E-state index in [1.54, 1.807) is 16.9 Å². The largest absolute Gasteiger partial charge is 0.339 e. The van der Waals surface area contributed by atoms with E-state index in [1.807, 2.05) is 17.9 Å². The number of carbonyl (C=O) groups is 1. The van der Waals surface area contributed by atoms with Crippen molar-refractivity contribution in [1.29, 1.82) is 0 Å². The third-order valence-electron chi connectivity index (χ3n) is 4.95. The number of fused-ring (bicyclic) bond motifs is 1. The number of amides is 1. The normalized spacial score (nSPS) is 15.6. The first-order valence-electron chi connectivity index (χ1n) is 8.84. The van der Waals surface area contributed by atoms with Gasteiger partial charge in [-0.15, -0.1) is 0 Å². The summed E-state index contributed by atoms with van der Waals surface area (Å²) in [6.07, 6.45) is 6.65. The molecule has 0 N–H and O–H groups in total. The Hall–Kier alpha value is -2.69. The van der Waals surface area contributed by atoms with Crippen molar-refractivity contribution in [1.82, 2.24) is 19.5 Å². The lowest BCUT2D eigenvalue weighted by atomic mass is 9.90.